The number of carbonyl (C=O) groups excluding carboxylic acids is 2. The molecule has 1 heterocycles. The molecule has 1 fully saturated rings. The Morgan fingerprint density at radius 2 is 1.78 bits per heavy atom. The Morgan fingerprint density at radius 1 is 1.11 bits per heavy atom. The molecular formula is C20H22N2O4S. The highest BCUT2D eigenvalue weighted by atomic mass is 32.2. The molecule has 1 aliphatic rings. The summed E-state index contributed by atoms with van der Waals surface area (Å²) in [7, 11) is -3.27. The van der Waals surface area contributed by atoms with Crippen LogP contribution in [0.1, 0.15) is 12.0 Å². The minimum atomic E-state index is -3.27. The van der Waals surface area contributed by atoms with Gasteiger partial charge in [-0.25, -0.2) is 8.42 Å². The van der Waals surface area contributed by atoms with Gasteiger partial charge in [-0.2, -0.15) is 0 Å². The van der Waals surface area contributed by atoms with E-state index in [1.165, 1.54) is 12.1 Å². The lowest BCUT2D eigenvalue weighted by Crippen LogP contribution is -2.30. The lowest BCUT2D eigenvalue weighted by Gasteiger charge is -2.16. The topological polar surface area (TPSA) is 83.5 Å². The summed E-state index contributed by atoms with van der Waals surface area (Å²) in [5.41, 5.74) is 1.67. The zero-order valence-corrected chi connectivity index (χ0v) is 15.9. The molecular weight excluding hydrogens is 364 g/mol. The summed E-state index contributed by atoms with van der Waals surface area (Å²) < 4.78 is 23.0. The molecule has 1 unspecified atom stereocenters. The van der Waals surface area contributed by atoms with Crippen molar-refractivity contribution in [1.29, 1.82) is 0 Å². The molecule has 2 amide bonds. The van der Waals surface area contributed by atoms with E-state index in [9.17, 15) is 18.0 Å². The molecule has 1 saturated heterocycles. The van der Waals surface area contributed by atoms with Gasteiger partial charge in [-0.05, 0) is 36.2 Å². The maximum absolute atomic E-state index is 12.5. The third-order valence-corrected chi connectivity index (χ3v) is 5.78. The number of anilines is 1. The van der Waals surface area contributed by atoms with Gasteiger partial charge in [0.2, 0.25) is 11.8 Å². The fourth-order valence-corrected chi connectivity index (χ4v) is 3.73. The second kappa shape index (κ2) is 7.92. The van der Waals surface area contributed by atoms with Gasteiger partial charge in [0.15, 0.2) is 9.84 Å². The molecule has 2 aromatic carbocycles. The largest absolute Gasteiger partial charge is 0.342 e. The SMILES string of the molecule is CS(=O)(=O)c1ccc(NC(=O)C2CC(=O)N(CCc3ccccc3)C2)cc1. The van der Waals surface area contributed by atoms with Gasteiger partial charge in [0.1, 0.15) is 0 Å². The van der Waals surface area contributed by atoms with Crippen molar-refractivity contribution in [3.63, 3.8) is 0 Å². The Labute approximate surface area is 159 Å². The molecule has 0 aliphatic carbocycles. The first-order valence-corrected chi connectivity index (χ1v) is 10.6. The third-order valence-electron chi connectivity index (χ3n) is 4.65. The highest BCUT2D eigenvalue weighted by molar-refractivity contribution is 7.90. The van der Waals surface area contributed by atoms with Crippen LogP contribution in [0.5, 0.6) is 0 Å². The van der Waals surface area contributed by atoms with Crippen molar-refractivity contribution < 1.29 is 18.0 Å². The van der Waals surface area contributed by atoms with E-state index in [0.29, 0.717) is 18.8 Å². The predicted octanol–water partition coefficient (Wildman–Crippen LogP) is 2.12. The molecule has 142 valence electrons. The first-order chi connectivity index (χ1) is 12.8. The number of nitrogens with zero attached hydrogens (tertiary/aromatic N) is 1. The maximum Gasteiger partial charge on any atom is 0.229 e. The number of sulfone groups is 1. The van der Waals surface area contributed by atoms with E-state index >= 15 is 0 Å². The molecule has 1 atom stereocenters. The molecule has 0 spiro atoms. The van der Waals surface area contributed by atoms with Gasteiger partial charge in [-0.1, -0.05) is 30.3 Å². The minimum absolute atomic E-state index is 0.0153. The van der Waals surface area contributed by atoms with Crippen molar-refractivity contribution >= 4 is 27.3 Å². The molecule has 1 N–H and O–H groups in total. The van der Waals surface area contributed by atoms with Crippen LogP contribution in [0.15, 0.2) is 59.5 Å². The Morgan fingerprint density at radius 3 is 2.41 bits per heavy atom. The molecule has 3 rings (SSSR count). The average molecular weight is 386 g/mol. The van der Waals surface area contributed by atoms with Crippen molar-refractivity contribution in [1.82, 2.24) is 4.90 Å². The van der Waals surface area contributed by atoms with Crippen LogP contribution in [0, 0.1) is 5.92 Å². The van der Waals surface area contributed by atoms with Gasteiger partial charge in [0.25, 0.3) is 0 Å². The lowest BCUT2D eigenvalue weighted by molar-refractivity contribution is -0.128. The highest BCUT2D eigenvalue weighted by Crippen LogP contribution is 2.21. The van der Waals surface area contributed by atoms with Gasteiger partial charge < -0.3 is 10.2 Å². The number of rotatable bonds is 6. The monoisotopic (exact) mass is 386 g/mol. The Bertz CT molecular complexity index is 924. The van der Waals surface area contributed by atoms with Gasteiger partial charge >= 0.3 is 0 Å². The number of hydrogen-bond donors (Lipinski definition) is 1. The first kappa shape index (κ1) is 19.1. The Hall–Kier alpha value is -2.67. The molecule has 27 heavy (non-hydrogen) atoms. The van der Waals surface area contributed by atoms with Crippen molar-refractivity contribution in [3.8, 4) is 0 Å². The Balaban J connectivity index is 1.55. The zero-order chi connectivity index (χ0) is 19.4. The van der Waals surface area contributed by atoms with Crippen LogP contribution in [0.3, 0.4) is 0 Å². The van der Waals surface area contributed by atoms with Crippen molar-refractivity contribution in [3.05, 3.63) is 60.2 Å². The zero-order valence-electron chi connectivity index (χ0n) is 15.1. The van der Waals surface area contributed by atoms with Crippen molar-refractivity contribution in [2.24, 2.45) is 5.92 Å². The second-order valence-corrected chi connectivity index (χ2v) is 8.78. The van der Waals surface area contributed by atoms with E-state index in [-0.39, 0.29) is 23.1 Å². The van der Waals surface area contributed by atoms with Gasteiger partial charge in [-0.3, -0.25) is 9.59 Å². The standard InChI is InChI=1S/C20H22N2O4S/c1-27(25,26)18-9-7-17(8-10-18)21-20(24)16-13-19(23)22(14-16)12-11-15-5-3-2-4-6-15/h2-10,16H,11-14H2,1H3,(H,21,24). The Kier molecular flexibility index (Phi) is 5.60. The number of amides is 2. The average Bonchev–Trinajstić information content (AvgIpc) is 3.01. The number of carbonyl (C=O) groups is 2. The van der Waals surface area contributed by atoms with Crippen LogP contribution in [0.25, 0.3) is 0 Å². The van der Waals surface area contributed by atoms with Crippen LogP contribution in [-0.4, -0.2) is 44.5 Å². The lowest BCUT2D eigenvalue weighted by atomic mass is 10.1. The smallest absolute Gasteiger partial charge is 0.229 e. The van der Waals surface area contributed by atoms with Gasteiger partial charge in [0, 0.05) is 31.5 Å². The predicted molar refractivity (Wildman–Crippen MR) is 103 cm³/mol. The van der Waals surface area contributed by atoms with Crippen LogP contribution in [0.4, 0.5) is 5.69 Å². The fourth-order valence-electron chi connectivity index (χ4n) is 3.10. The molecule has 0 aromatic heterocycles. The van der Waals surface area contributed by atoms with Crippen molar-refractivity contribution in [2.75, 3.05) is 24.7 Å². The number of hydrogen-bond acceptors (Lipinski definition) is 4. The summed E-state index contributed by atoms with van der Waals surface area (Å²) in [4.78, 5) is 26.6. The summed E-state index contributed by atoms with van der Waals surface area (Å²) in [5.74, 6) is -0.640. The van der Waals surface area contributed by atoms with Crippen LogP contribution in [-0.2, 0) is 25.8 Å². The summed E-state index contributed by atoms with van der Waals surface area (Å²) in [6, 6.07) is 15.9. The van der Waals surface area contributed by atoms with Gasteiger partial charge in [0.05, 0.1) is 10.8 Å². The minimum Gasteiger partial charge on any atom is -0.342 e. The van der Waals surface area contributed by atoms with E-state index in [0.717, 1.165) is 18.2 Å². The summed E-state index contributed by atoms with van der Waals surface area (Å²) in [6.07, 6.45) is 2.09. The fraction of sp³-hybridized carbons (Fsp3) is 0.300. The van der Waals surface area contributed by atoms with E-state index in [2.05, 4.69) is 5.32 Å². The van der Waals surface area contributed by atoms with Crippen molar-refractivity contribution in [2.45, 2.75) is 17.7 Å². The van der Waals surface area contributed by atoms with E-state index in [4.69, 9.17) is 0 Å². The second-order valence-electron chi connectivity index (χ2n) is 6.76. The third kappa shape index (κ3) is 4.95. The van der Waals surface area contributed by atoms with Crippen LogP contribution >= 0.6 is 0 Å². The number of nitrogens with one attached hydrogen (secondary N) is 1. The molecule has 0 bridgehead atoms. The number of likely N-dealkylation sites (tertiary alicyclic amines) is 1. The maximum atomic E-state index is 12.5. The molecule has 0 saturated carbocycles. The van der Waals surface area contributed by atoms with E-state index in [1.807, 2.05) is 30.3 Å². The summed E-state index contributed by atoms with van der Waals surface area (Å²) in [5, 5.41) is 2.76. The van der Waals surface area contributed by atoms with E-state index < -0.39 is 15.8 Å². The molecule has 2 aromatic rings. The summed E-state index contributed by atoms with van der Waals surface area (Å²) >= 11 is 0. The first-order valence-electron chi connectivity index (χ1n) is 8.75. The normalized spacial score (nSPS) is 17.1. The quantitative estimate of drug-likeness (QED) is 0.824. The van der Waals surface area contributed by atoms with E-state index in [1.54, 1.807) is 17.0 Å². The van der Waals surface area contributed by atoms with Crippen LogP contribution < -0.4 is 5.32 Å². The van der Waals surface area contributed by atoms with Gasteiger partial charge in [-0.15, -0.1) is 0 Å². The molecule has 6 nitrogen and oxygen atoms in total. The molecule has 7 heteroatoms. The molecule has 1 aliphatic heterocycles. The summed E-state index contributed by atoms with van der Waals surface area (Å²) in [6.45, 7) is 0.995. The number of benzene rings is 2. The highest BCUT2D eigenvalue weighted by Gasteiger charge is 2.34. The molecule has 0 radical (unpaired) electrons. The van der Waals surface area contributed by atoms with Crippen LogP contribution in [0.2, 0.25) is 0 Å².